The van der Waals surface area contributed by atoms with Gasteiger partial charge in [-0.2, -0.15) is 13.2 Å². The molecule has 152 valence electrons. The SMILES string of the molecule is CC(C)(C)OC(=O)NCCNC(=O)c1ccc(-c2cccc(C(F)(F)F)c2)o1. The molecule has 6 nitrogen and oxygen atoms in total. The first kappa shape index (κ1) is 21.3. The van der Waals surface area contributed by atoms with Crippen molar-refractivity contribution < 1.29 is 31.9 Å². The van der Waals surface area contributed by atoms with E-state index in [1.807, 2.05) is 0 Å². The van der Waals surface area contributed by atoms with Crippen LogP contribution in [0.25, 0.3) is 11.3 Å². The lowest BCUT2D eigenvalue weighted by molar-refractivity contribution is -0.137. The van der Waals surface area contributed by atoms with E-state index < -0.39 is 29.3 Å². The molecule has 2 N–H and O–H groups in total. The van der Waals surface area contributed by atoms with Crippen LogP contribution in [0.15, 0.2) is 40.8 Å². The van der Waals surface area contributed by atoms with Crippen LogP contribution in [0.4, 0.5) is 18.0 Å². The first-order chi connectivity index (χ1) is 13.0. The third kappa shape index (κ3) is 6.33. The number of rotatable bonds is 5. The predicted octanol–water partition coefficient (Wildman–Crippen LogP) is 4.22. The van der Waals surface area contributed by atoms with Crippen LogP contribution in [-0.2, 0) is 10.9 Å². The summed E-state index contributed by atoms with van der Waals surface area (Å²) in [4.78, 5) is 23.5. The highest BCUT2D eigenvalue weighted by atomic mass is 19.4. The summed E-state index contributed by atoms with van der Waals surface area (Å²) >= 11 is 0. The molecule has 0 saturated carbocycles. The molecule has 0 unspecified atom stereocenters. The van der Waals surface area contributed by atoms with Gasteiger partial charge in [-0.3, -0.25) is 4.79 Å². The van der Waals surface area contributed by atoms with Crippen LogP contribution in [-0.4, -0.2) is 30.7 Å². The largest absolute Gasteiger partial charge is 0.451 e. The minimum Gasteiger partial charge on any atom is -0.451 e. The van der Waals surface area contributed by atoms with E-state index in [0.717, 1.165) is 12.1 Å². The number of benzene rings is 1. The lowest BCUT2D eigenvalue weighted by Gasteiger charge is -2.19. The van der Waals surface area contributed by atoms with Gasteiger partial charge in [-0.1, -0.05) is 12.1 Å². The highest BCUT2D eigenvalue weighted by Gasteiger charge is 2.30. The maximum atomic E-state index is 12.8. The number of amides is 2. The van der Waals surface area contributed by atoms with Gasteiger partial charge in [0.1, 0.15) is 11.4 Å². The zero-order valence-corrected chi connectivity index (χ0v) is 15.6. The second kappa shape index (κ2) is 8.37. The molecule has 0 spiro atoms. The zero-order chi connectivity index (χ0) is 20.9. The Labute approximate surface area is 160 Å². The molecule has 28 heavy (non-hydrogen) atoms. The first-order valence-corrected chi connectivity index (χ1v) is 8.48. The topological polar surface area (TPSA) is 80.6 Å². The van der Waals surface area contributed by atoms with Crippen molar-refractivity contribution in [3.05, 3.63) is 47.7 Å². The van der Waals surface area contributed by atoms with Gasteiger partial charge in [0.15, 0.2) is 5.76 Å². The van der Waals surface area contributed by atoms with Crippen molar-refractivity contribution >= 4 is 12.0 Å². The number of carbonyl (C=O) groups excluding carboxylic acids is 2. The fraction of sp³-hybridized carbons (Fsp3) is 0.368. The van der Waals surface area contributed by atoms with Crippen LogP contribution >= 0.6 is 0 Å². The van der Waals surface area contributed by atoms with Gasteiger partial charge in [0, 0.05) is 18.7 Å². The molecule has 2 amide bonds. The van der Waals surface area contributed by atoms with Gasteiger partial charge >= 0.3 is 12.3 Å². The Morgan fingerprint density at radius 1 is 1.04 bits per heavy atom. The lowest BCUT2D eigenvalue weighted by Crippen LogP contribution is -2.37. The van der Waals surface area contributed by atoms with E-state index >= 15 is 0 Å². The standard InChI is InChI=1S/C19H21F3N2O4/c1-18(2,3)28-17(26)24-10-9-23-16(25)15-8-7-14(27-15)12-5-4-6-13(11-12)19(20,21)22/h4-8,11H,9-10H2,1-3H3,(H,23,25)(H,24,26). The third-order valence-electron chi connectivity index (χ3n) is 3.38. The van der Waals surface area contributed by atoms with Crippen LogP contribution < -0.4 is 10.6 Å². The Morgan fingerprint density at radius 2 is 1.71 bits per heavy atom. The van der Waals surface area contributed by atoms with Crippen LogP contribution in [0.2, 0.25) is 0 Å². The minimum absolute atomic E-state index is 0.0512. The van der Waals surface area contributed by atoms with E-state index in [2.05, 4.69) is 10.6 Å². The highest BCUT2D eigenvalue weighted by Crippen LogP contribution is 2.32. The molecule has 2 aromatic rings. The summed E-state index contributed by atoms with van der Waals surface area (Å²) in [5.41, 5.74) is -1.22. The van der Waals surface area contributed by atoms with Gasteiger partial charge in [0.05, 0.1) is 5.56 Å². The van der Waals surface area contributed by atoms with Gasteiger partial charge in [-0.05, 0) is 45.0 Å². The van der Waals surface area contributed by atoms with Gasteiger partial charge in [-0.25, -0.2) is 4.79 Å². The Balaban J connectivity index is 1.90. The molecule has 0 aliphatic carbocycles. The fourth-order valence-corrected chi connectivity index (χ4v) is 2.21. The summed E-state index contributed by atoms with van der Waals surface area (Å²) in [6, 6.07) is 7.42. The molecular formula is C19H21F3N2O4. The van der Waals surface area contributed by atoms with E-state index in [1.165, 1.54) is 24.3 Å². The number of ether oxygens (including phenoxy) is 1. The molecular weight excluding hydrogens is 377 g/mol. The molecule has 0 atom stereocenters. The Hall–Kier alpha value is -2.97. The Kier molecular flexibility index (Phi) is 6.37. The number of hydrogen-bond acceptors (Lipinski definition) is 4. The highest BCUT2D eigenvalue weighted by molar-refractivity contribution is 5.92. The van der Waals surface area contributed by atoms with E-state index in [9.17, 15) is 22.8 Å². The number of nitrogens with one attached hydrogen (secondary N) is 2. The molecule has 9 heteroatoms. The predicted molar refractivity (Wildman–Crippen MR) is 95.7 cm³/mol. The normalized spacial score (nSPS) is 11.8. The number of carbonyl (C=O) groups is 2. The molecule has 1 heterocycles. The molecule has 0 bridgehead atoms. The molecule has 2 rings (SSSR count). The average Bonchev–Trinajstić information content (AvgIpc) is 3.06. The smallest absolute Gasteiger partial charge is 0.416 e. The fourth-order valence-electron chi connectivity index (χ4n) is 2.21. The average molecular weight is 398 g/mol. The summed E-state index contributed by atoms with van der Waals surface area (Å²) in [6.45, 7) is 5.45. The van der Waals surface area contributed by atoms with Gasteiger partial charge in [-0.15, -0.1) is 0 Å². The van der Waals surface area contributed by atoms with E-state index in [4.69, 9.17) is 9.15 Å². The van der Waals surface area contributed by atoms with Crippen LogP contribution in [0.3, 0.4) is 0 Å². The van der Waals surface area contributed by atoms with Gasteiger partial charge in [0.2, 0.25) is 0 Å². The second-order valence-corrected chi connectivity index (χ2v) is 6.93. The van der Waals surface area contributed by atoms with Crippen molar-refractivity contribution in [2.24, 2.45) is 0 Å². The number of halogens is 3. The second-order valence-electron chi connectivity index (χ2n) is 6.93. The van der Waals surface area contributed by atoms with E-state index in [-0.39, 0.29) is 30.2 Å². The van der Waals surface area contributed by atoms with Gasteiger partial charge < -0.3 is 19.8 Å². The van der Waals surface area contributed by atoms with Crippen molar-refractivity contribution in [1.82, 2.24) is 10.6 Å². The van der Waals surface area contributed by atoms with Crippen LogP contribution in [0.5, 0.6) is 0 Å². The third-order valence-corrected chi connectivity index (χ3v) is 3.38. The summed E-state index contributed by atoms with van der Waals surface area (Å²) in [5.74, 6) is -0.461. The van der Waals surface area contributed by atoms with Crippen molar-refractivity contribution in [2.75, 3.05) is 13.1 Å². The molecule has 0 aliphatic rings. The minimum atomic E-state index is -4.47. The Bertz CT molecular complexity index is 838. The van der Waals surface area contributed by atoms with E-state index in [0.29, 0.717) is 0 Å². The summed E-state index contributed by atoms with van der Waals surface area (Å²) < 4.78 is 48.8. The summed E-state index contributed by atoms with van der Waals surface area (Å²) in [5, 5.41) is 5.02. The lowest BCUT2D eigenvalue weighted by atomic mass is 10.1. The maximum absolute atomic E-state index is 12.8. The number of alkyl halides is 3. The first-order valence-electron chi connectivity index (χ1n) is 8.48. The van der Waals surface area contributed by atoms with E-state index in [1.54, 1.807) is 20.8 Å². The van der Waals surface area contributed by atoms with Crippen molar-refractivity contribution in [1.29, 1.82) is 0 Å². The summed E-state index contributed by atoms with van der Waals surface area (Å²) in [6.07, 6.45) is -5.07. The van der Waals surface area contributed by atoms with Crippen molar-refractivity contribution in [3.8, 4) is 11.3 Å². The molecule has 0 radical (unpaired) electrons. The van der Waals surface area contributed by atoms with Crippen molar-refractivity contribution in [3.63, 3.8) is 0 Å². The quantitative estimate of drug-likeness (QED) is 0.739. The van der Waals surface area contributed by atoms with Crippen LogP contribution in [0, 0.1) is 0 Å². The monoisotopic (exact) mass is 398 g/mol. The van der Waals surface area contributed by atoms with Crippen molar-refractivity contribution in [2.45, 2.75) is 32.5 Å². The van der Waals surface area contributed by atoms with Crippen LogP contribution in [0.1, 0.15) is 36.9 Å². The zero-order valence-electron chi connectivity index (χ0n) is 15.6. The Morgan fingerprint density at radius 3 is 2.36 bits per heavy atom. The number of hydrogen-bond donors (Lipinski definition) is 2. The molecule has 1 aromatic heterocycles. The number of furan rings is 1. The van der Waals surface area contributed by atoms with Gasteiger partial charge in [0.25, 0.3) is 5.91 Å². The molecule has 1 aromatic carbocycles. The molecule has 0 aliphatic heterocycles. The number of alkyl carbamates (subject to hydrolysis) is 1. The maximum Gasteiger partial charge on any atom is 0.416 e. The summed E-state index contributed by atoms with van der Waals surface area (Å²) in [7, 11) is 0. The molecule has 0 saturated heterocycles. The molecule has 0 fully saturated rings.